The fourth-order valence-corrected chi connectivity index (χ4v) is 2.21. The summed E-state index contributed by atoms with van der Waals surface area (Å²) < 4.78 is 5.41. The molecule has 0 aromatic carbocycles. The molecule has 0 spiro atoms. The minimum Gasteiger partial charge on any atom is -0.376 e. The second kappa shape index (κ2) is 4.28. The summed E-state index contributed by atoms with van der Waals surface area (Å²) in [4.78, 5) is 15.5. The average molecular weight is 226 g/mol. The zero-order valence-corrected chi connectivity index (χ0v) is 9.47. The molecule has 1 aliphatic carbocycles. The Bertz CT molecular complexity index is 328. The maximum absolute atomic E-state index is 11.6. The van der Waals surface area contributed by atoms with Crippen LogP contribution in [0.15, 0.2) is 10.9 Å². The molecule has 2 rings (SSSR count). The molecule has 82 valence electrons. The van der Waals surface area contributed by atoms with E-state index in [0.717, 1.165) is 12.8 Å². The Morgan fingerprint density at radius 3 is 3.00 bits per heavy atom. The van der Waals surface area contributed by atoms with Gasteiger partial charge in [-0.25, -0.2) is 4.98 Å². The van der Waals surface area contributed by atoms with Gasteiger partial charge in [0.05, 0.1) is 11.1 Å². The van der Waals surface area contributed by atoms with Crippen molar-refractivity contribution in [2.24, 2.45) is 0 Å². The zero-order chi connectivity index (χ0) is 10.7. The van der Waals surface area contributed by atoms with E-state index in [1.807, 2.05) is 0 Å². The van der Waals surface area contributed by atoms with Gasteiger partial charge in [0, 0.05) is 19.0 Å². The van der Waals surface area contributed by atoms with E-state index in [-0.39, 0.29) is 11.5 Å². The van der Waals surface area contributed by atoms with Crippen LogP contribution in [-0.2, 0) is 4.74 Å². The van der Waals surface area contributed by atoms with Crippen LogP contribution in [0.5, 0.6) is 0 Å². The maximum Gasteiger partial charge on any atom is 0.270 e. The van der Waals surface area contributed by atoms with Crippen LogP contribution < -0.4 is 5.32 Å². The number of carbonyl (C=O) groups excluding carboxylic acids is 1. The smallest absolute Gasteiger partial charge is 0.270 e. The minimum atomic E-state index is -0.119. The first-order valence-electron chi connectivity index (χ1n) is 4.97. The van der Waals surface area contributed by atoms with Crippen LogP contribution in [0.3, 0.4) is 0 Å². The first kappa shape index (κ1) is 10.6. The Kier molecular flexibility index (Phi) is 3.02. The van der Waals surface area contributed by atoms with E-state index in [9.17, 15) is 4.79 Å². The highest BCUT2D eigenvalue weighted by Crippen LogP contribution is 2.34. The van der Waals surface area contributed by atoms with E-state index in [2.05, 4.69) is 10.3 Å². The summed E-state index contributed by atoms with van der Waals surface area (Å²) in [5, 5.41) is 4.60. The quantitative estimate of drug-likeness (QED) is 0.845. The van der Waals surface area contributed by atoms with Crippen LogP contribution in [0, 0.1) is 0 Å². The molecule has 1 N–H and O–H groups in total. The Balaban J connectivity index is 1.85. The number of hydrogen-bond donors (Lipinski definition) is 1. The van der Waals surface area contributed by atoms with E-state index in [4.69, 9.17) is 4.74 Å². The molecule has 1 fully saturated rings. The highest BCUT2D eigenvalue weighted by Gasteiger charge is 2.37. The summed E-state index contributed by atoms with van der Waals surface area (Å²) in [6.07, 6.45) is 3.24. The van der Waals surface area contributed by atoms with Gasteiger partial charge >= 0.3 is 0 Å². The molecule has 0 bridgehead atoms. The third-order valence-electron chi connectivity index (χ3n) is 2.93. The van der Waals surface area contributed by atoms with Crippen LogP contribution in [0.1, 0.15) is 29.8 Å². The zero-order valence-electron chi connectivity index (χ0n) is 8.66. The third-order valence-corrected chi connectivity index (χ3v) is 3.52. The van der Waals surface area contributed by atoms with Crippen molar-refractivity contribution in [2.45, 2.75) is 24.9 Å². The molecule has 15 heavy (non-hydrogen) atoms. The molecule has 0 unspecified atom stereocenters. The Morgan fingerprint density at radius 2 is 2.53 bits per heavy atom. The molecule has 1 saturated carbocycles. The van der Waals surface area contributed by atoms with Crippen molar-refractivity contribution in [3.8, 4) is 0 Å². The number of aromatic nitrogens is 1. The maximum atomic E-state index is 11.6. The number of methoxy groups -OCH3 is 1. The normalized spacial score (nSPS) is 18.2. The highest BCUT2D eigenvalue weighted by atomic mass is 32.1. The second-order valence-corrected chi connectivity index (χ2v) is 4.52. The Morgan fingerprint density at radius 1 is 1.73 bits per heavy atom. The van der Waals surface area contributed by atoms with Crippen molar-refractivity contribution in [1.29, 1.82) is 0 Å². The highest BCUT2D eigenvalue weighted by molar-refractivity contribution is 7.07. The lowest BCUT2D eigenvalue weighted by Crippen LogP contribution is -2.49. The van der Waals surface area contributed by atoms with Gasteiger partial charge in [-0.2, -0.15) is 0 Å². The number of carbonyl (C=O) groups is 1. The van der Waals surface area contributed by atoms with Gasteiger partial charge in [-0.1, -0.05) is 0 Å². The first-order chi connectivity index (χ1) is 7.26. The SMILES string of the molecule is COC1(CNC(=O)c2cscn2)CCC1. The molecule has 0 saturated heterocycles. The lowest BCUT2D eigenvalue weighted by atomic mass is 9.80. The monoisotopic (exact) mass is 226 g/mol. The first-order valence-corrected chi connectivity index (χ1v) is 5.92. The molecule has 1 aromatic heterocycles. The van der Waals surface area contributed by atoms with Crippen molar-refractivity contribution in [2.75, 3.05) is 13.7 Å². The second-order valence-electron chi connectivity index (χ2n) is 3.80. The standard InChI is InChI=1S/C10H14N2O2S/c1-14-10(3-2-4-10)6-11-9(13)8-5-15-7-12-8/h5,7H,2-4,6H2,1H3,(H,11,13). The van der Waals surface area contributed by atoms with Crippen molar-refractivity contribution < 1.29 is 9.53 Å². The molecular weight excluding hydrogens is 212 g/mol. The van der Waals surface area contributed by atoms with Crippen LogP contribution in [-0.4, -0.2) is 30.1 Å². The number of nitrogens with one attached hydrogen (secondary N) is 1. The molecular formula is C10H14N2O2S. The number of hydrogen-bond acceptors (Lipinski definition) is 4. The van der Waals surface area contributed by atoms with Gasteiger partial charge in [0.25, 0.3) is 5.91 Å². The number of ether oxygens (including phenoxy) is 1. The van der Waals surface area contributed by atoms with Crippen molar-refractivity contribution in [1.82, 2.24) is 10.3 Å². The molecule has 0 atom stereocenters. The molecule has 0 aliphatic heterocycles. The molecule has 1 aromatic rings. The molecule has 4 nitrogen and oxygen atoms in total. The van der Waals surface area contributed by atoms with Gasteiger partial charge in [-0.05, 0) is 19.3 Å². The van der Waals surface area contributed by atoms with Crippen LogP contribution in [0.2, 0.25) is 0 Å². The summed E-state index contributed by atoms with van der Waals surface area (Å²) in [5.41, 5.74) is 2.03. The number of amides is 1. The van der Waals surface area contributed by atoms with Crippen LogP contribution in [0.4, 0.5) is 0 Å². The van der Waals surface area contributed by atoms with Gasteiger partial charge in [-0.3, -0.25) is 4.79 Å². The van der Waals surface area contributed by atoms with E-state index < -0.39 is 0 Å². The fraction of sp³-hybridized carbons (Fsp3) is 0.600. The van der Waals surface area contributed by atoms with E-state index >= 15 is 0 Å². The summed E-state index contributed by atoms with van der Waals surface area (Å²) in [7, 11) is 1.70. The van der Waals surface area contributed by atoms with E-state index in [0.29, 0.717) is 12.2 Å². The van der Waals surface area contributed by atoms with Crippen LogP contribution in [0.25, 0.3) is 0 Å². The van der Waals surface area contributed by atoms with Gasteiger partial charge < -0.3 is 10.1 Å². The number of thiazole rings is 1. The summed E-state index contributed by atoms with van der Waals surface area (Å²) in [5.74, 6) is -0.112. The minimum absolute atomic E-state index is 0.112. The predicted molar refractivity (Wildman–Crippen MR) is 58.0 cm³/mol. The van der Waals surface area contributed by atoms with Crippen molar-refractivity contribution in [3.05, 3.63) is 16.6 Å². The number of nitrogens with zero attached hydrogens (tertiary/aromatic N) is 1. The molecule has 1 amide bonds. The van der Waals surface area contributed by atoms with Crippen LogP contribution >= 0.6 is 11.3 Å². The fourth-order valence-electron chi connectivity index (χ4n) is 1.68. The van der Waals surface area contributed by atoms with Crippen molar-refractivity contribution >= 4 is 17.2 Å². The van der Waals surface area contributed by atoms with E-state index in [1.165, 1.54) is 17.8 Å². The summed E-state index contributed by atoms with van der Waals surface area (Å²) in [6.45, 7) is 0.583. The molecule has 5 heteroatoms. The van der Waals surface area contributed by atoms with E-state index in [1.54, 1.807) is 18.0 Å². The van der Waals surface area contributed by atoms with Gasteiger partial charge in [0.1, 0.15) is 5.69 Å². The van der Waals surface area contributed by atoms with Gasteiger partial charge in [0.2, 0.25) is 0 Å². The lowest BCUT2D eigenvalue weighted by Gasteiger charge is -2.40. The Hall–Kier alpha value is -0.940. The van der Waals surface area contributed by atoms with Gasteiger partial charge in [-0.15, -0.1) is 11.3 Å². The predicted octanol–water partition coefficient (Wildman–Crippen LogP) is 1.44. The molecule has 1 aliphatic rings. The number of rotatable bonds is 4. The van der Waals surface area contributed by atoms with Crippen molar-refractivity contribution in [3.63, 3.8) is 0 Å². The molecule has 0 radical (unpaired) electrons. The van der Waals surface area contributed by atoms with Gasteiger partial charge in [0.15, 0.2) is 0 Å². The Labute approximate surface area is 92.7 Å². The summed E-state index contributed by atoms with van der Waals surface area (Å²) >= 11 is 1.42. The average Bonchev–Trinajstić information content (AvgIpc) is 2.69. The largest absolute Gasteiger partial charge is 0.376 e. The summed E-state index contributed by atoms with van der Waals surface area (Å²) in [6, 6.07) is 0. The molecule has 1 heterocycles. The lowest BCUT2D eigenvalue weighted by molar-refractivity contribution is -0.0679. The third kappa shape index (κ3) is 2.18. The topological polar surface area (TPSA) is 51.2 Å².